The Labute approximate surface area is 388 Å². The molecule has 65 heavy (non-hydrogen) atoms. The number of rotatable bonds is 30. The molecule has 0 radical (unpaired) electrons. The highest BCUT2D eigenvalue weighted by Gasteiger charge is 2.33. The number of carbonyl (C=O) groups excluding carboxylic acids is 1. The third kappa shape index (κ3) is 18.5. The van der Waals surface area contributed by atoms with E-state index < -0.39 is 5.82 Å². The number of carbonyl (C=O) groups is 1. The number of nitrogens with two attached hydrogens (primary N) is 1. The van der Waals surface area contributed by atoms with Crippen molar-refractivity contribution in [2.24, 2.45) is 10.7 Å². The molecule has 18 heteroatoms. The van der Waals surface area contributed by atoms with Crippen LogP contribution in [0.15, 0.2) is 60.0 Å². The fraction of sp³-hybridized carbons (Fsp3) is 0.574. The molecule has 1 aliphatic heterocycles. The Morgan fingerprint density at radius 3 is 2.12 bits per heavy atom. The highest BCUT2D eigenvalue weighted by molar-refractivity contribution is 6.33. The SMILES string of the molecule is CCC1CC(Nc2c(C(N)=Nc3cc(F)ccc3Cl)cnn3cc(-c4ccc(OCCOCCOCCCCCOCCOCCOCCOC)nc4)cc23)CC(C)N1CC=O.COC. The maximum Gasteiger partial charge on any atom is 0.213 e. The van der Waals surface area contributed by atoms with Crippen molar-refractivity contribution in [3.63, 3.8) is 0 Å². The summed E-state index contributed by atoms with van der Waals surface area (Å²) in [5.74, 6) is 0.153. The fourth-order valence-electron chi connectivity index (χ4n) is 7.36. The van der Waals surface area contributed by atoms with Gasteiger partial charge in [0.1, 0.15) is 24.5 Å². The number of fused-ring (bicyclic) bond motifs is 1. The number of nitrogens with zero attached hydrogens (tertiary/aromatic N) is 5. The highest BCUT2D eigenvalue weighted by Crippen LogP contribution is 2.34. The van der Waals surface area contributed by atoms with Gasteiger partial charge in [0.05, 0.1) is 99.7 Å². The molecule has 1 saturated heterocycles. The van der Waals surface area contributed by atoms with E-state index in [0.717, 1.165) is 67.1 Å². The van der Waals surface area contributed by atoms with Crippen LogP contribution in [0.1, 0.15) is 57.9 Å². The van der Waals surface area contributed by atoms with Crippen molar-refractivity contribution in [1.29, 1.82) is 0 Å². The molecular weight excluding hydrogens is 861 g/mol. The Morgan fingerprint density at radius 1 is 0.862 bits per heavy atom. The molecule has 0 spiro atoms. The number of pyridine rings is 1. The van der Waals surface area contributed by atoms with Crippen LogP contribution in [0.3, 0.4) is 0 Å². The van der Waals surface area contributed by atoms with Crippen molar-refractivity contribution in [3.8, 4) is 17.0 Å². The van der Waals surface area contributed by atoms with Gasteiger partial charge < -0.3 is 53.7 Å². The first-order chi connectivity index (χ1) is 31.7. The van der Waals surface area contributed by atoms with Crippen LogP contribution in [0, 0.1) is 5.82 Å². The predicted octanol–water partition coefficient (Wildman–Crippen LogP) is 7.01. The first-order valence-electron chi connectivity index (χ1n) is 22.4. The molecule has 0 amide bonds. The Bertz CT molecular complexity index is 1980. The molecule has 0 aliphatic carbocycles. The number of amidine groups is 1. The number of unbranched alkanes of at least 4 members (excludes halogenated alkanes) is 2. The van der Waals surface area contributed by atoms with Crippen molar-refractivity contribution in [2.75, 3.05) is 112 Å². The zero-order valence-electron chi connectivity index (χ0n) is 38.7. The third-order valence-corrected chi connectivity index (χ3v) is 10.9. The number of piperidine rings is 1. The maximum absolute atomic E-state index is 14.2. The average Bonchev–Trinajstić information content (AvgIpc) is 3.74. The second-order valence-electron chi connectivity index (χ2n) is 15.4. The van der Waals surface area contributed by atoms with Crippen LogP contribution in [0.4, 0.5) is 15.8 Å². The first kappa shape index (κ1) is 53.3. The van der Waals surface area contributed by atoms with Gasteiger partial charge in [-0.2, -0.15) is 5.10 Å². The summed E-state index contributed by atoms with van der Waals surface area (Å²) in [5, 5.41) is 8.73. The van der Waals surface area contributed by atoms with E-state index in [-0.39, 0.29) is 34.7 Å². The number of halogens is 2. The number of ether oxygens (including phenoxy) is 8. The lowest BCUT2D eigenvalue weighted by molar-refractivity contribution is -0.110. The largest absolute Gasteiger partial charge is 0.475 e. The molecular formula is C47H69ClFN7O9. The van der Waals surface area contributed by atoms with E-state index in [0.29, 0.717) is 97.3 Å². The lowest BCUT2D eigenvalue weighted by Crippen LogP contribution is -2.51. The van der Waals surface area contributed by atoms with E-state index in [1.54, 1.807) is 38.2 Å². The lowest BCUT2D eigenvalue weighted by atomic mass is 9.90. The monoisotopic (exact) mass is 929 g/mol. The highest BCUT2D eigenvalue weighted by atomic mass is 35.5. The van der Waals surface area contributed by atoms with E-state index in [9.17, 15) is 9.18 Å². The van der Waals surface area contributed by atoms with Gasteiger partial charge in [-0.15, -0.1) is 0 Å². The Balaban J connectivity index is 0.00000300. The molecule has 0 saturated carbocycles. The molecule has 1 aromatic carbocycles. The van der Waals surface area contributed by atoms with Crippen LogP contribution in [-0.4, -0.2) is 157 Å². The summed E-state index contributed by atoms with van der Waals surface area (Å²) in [6.07, 6.45) is 11.9. The van der Waals surface area contributed by atoms with E-state index in [4.69, 9.17) is 50.5 Å². The number of hydrogen-bond donors (Lipinski definition) is 2. The molecule has 3 aromatic heterocycles. The minimum Gasteiger partial charge on any atom is -0.475 e. The normalized spacial score (nSPS) is 16.7. The fourth-order valence-corrected chi connectivity index (χ4v) is 7.52. The number of benzene rings is 1. The van der Waals surface area contributed by atoms with Crippen LogP contribution in [-0.2, 0) is 38.0 Å². The van der Waals surface area contributed by atoms with Gasteiger partial charge in [0, 0.05) is 88.3 Å². The second-order valence-corrected chi connectivity index (χ2v) is 15.8. The van der Waals surface area contributed by atoms with Crippen LogP contribution < -0.4 is 15.8 Å². The van der Waals surface area contributed by atoms with Gasteiger partial charge in [0.2, 0.25) is 5.88 Å². The lowest BCUT2D eigenvalue weighted by Gasteiger charge is -2.43. The molecule has 3 atom stereocenters. The number of methoxy groups -OCH3 is 2. The number of aliphatic imine (C=N–C) groups is 1. The number of nitrogens with one attached hydrogen (secondary N) is 1. The Morgan fingerprint density at radius 2 is 1.51 bits per heavy atom. The molecule has 5 rings (SSSR count). The van der Waals surface area contributed by atoms with Gasteiger partial charge in [-0.1, -0.05) is 18.5 Å². The summed E-state index contributed by atoms with van der Waals surface area (Å²) in [4.78, 5) is 22.8. The first-order valence-corrected chi connectivity index (χ1v) is 22.7. The van der Waals surface area contributed by atoms with Crippen molar-refractivity contribution < 1.29 is 47.1 Å². The summed E-state index contributed by atoms with van der Waals surface area (Å²) in [6, 6.07) is 10.2. The third-order valence-electron chi connectivity index (χ3n) is 10.6. The van der Waals surface area contributed by atoms with Gasteiger partial charge in [-0.25, -0.2) is 18.9 Å². The number of aldehydes is 1. The molecule has 4 aromatic rings. The van der Waals surface area contributed by atoms with Crippen LogP contribution in [0.2, 0.25) is 5.02 Å². The number of hydrogen-bond acceptors (Lipinski definition) is 14. The zero-order valence-corrected chi connectivity index (χ0v) is 39.4. The van der Waals surface area contributed by atoms with E-state index >= 15 is 0 Å². The van der Waals surface area contributed by atoms with Crippen LogP contribution in [0.25, 0.3) is 16.6 Å². The summed E-state index contributed by atoms with van der Waals surface area (Å²) in [7, 11) is 4.90. The average molecular weight is 931 g/mol. The van der Waals surface area contributed by atoms with Crippen molar-refractivity contribution in [1.82, 2.24) is 19.5 Å². The minimum absolute atomic E-state index is 0.0724. The van der Waals surface area contributed by atoms with Crippen molar-refractivity contribution in [3.05, 3.63) is 71.4 Å². The van der Waals surface area contributed by atoms with E-state index in [2.05, 4.69) is 43.9 Å². The standard InChI is InChI=1S/C45H63ClFN7O8.C2H6O/c1-4-38-29-37(26-33(2)53(38)12-13-55)51-44-39(45(48)52-41-28-36(47)9-10-40(41)46)31-50-54-32-35(27-42(44)54)34-8-11-43(49-30-34)62-25-24-61-21-19-58-15-7-5-6-14-57-18-20-60-23-22-59-17-16-56-3;1-3-2/h8-11,13,27-28,30-33,37-38,51H,4-7,12,14-26,29H2,1-3H3,(H2,48,52);1-2H3. The van der Waals surface area contributed by atoms with Crippen LogP contribution >= 0.6 is 11.6 Å². The Kier molecular flexibility index (Phi) is 25.3. The molecule has 0 bridgehead atoms. The van der Waals surface area contributed by atoms with Crippen molar-refractivity contribution in [2.45, 2.75) is 70.5 Å². The molecule has 1 aliphatic rings. The molecule has 360 valence electrons. The number of likely N-dealkylation sites (tertiary alicyclic amines) is 1. The molecule has 16 nitrogen and oxygen atoms in total. The summed E-state index contributed by atoms with van der Waals surface area (Å²) >= 11 is 6.36. The second kappa shape index (κ2) is 30.8. The molecule has 3 N–H and O–H groups in total. The number of anilines is 1. The smallest absolute Gasteiger partial charge is 0.213 e. The summed E-state index contributed by atoms with van der Waals surface area (Å²) in [5.41, 5.74) is 10.7. The van der Waals surface area contributed by atoms with E-state index in [1.807, 2.05) is 24.4 Å². The van der Waals surface area contributed by atoms with Crippen molar-refractivity contribution >= 4 is 40.6 Å². The summed E-state index contributed by atoms with van der Waals surface area (Å²) in [6.45, 7) is 11.3. The molecule has 1 fully saturated rings. The number of aromatic nitrogens is 3. The summed E-state index contributed by atoms with van der Waals surface area (Å²) < 4.78 is 58.7. The Hall–Kier alpha value is -4.30. The van der Waals surface area contributed by atoms with E-state index in [1.165, 1.54) is 18.2 Å². The maximum atomic E-state index is 14.2. The predicted molar refractivity (Wildman–Crippen MR) is 251 cm³/mol. The van der Waals surface area contributed by atoms with Gasteiger partial charge >= 0.3 is 0 Å². The van der Waals surface area contributed by atoms with Gasteiger partial charge in [0.25, 0.3) is 0 Å². The van der Waals surface area contributed by atoms with Gasteiger partial charge in [-0.3, -0.25) is 4.90 Å². The topological polar surface area (TPSA) is 175 Å². The molecule has 4 heterocycles. The zero-order chi connectivity index (χ0) is 46.7. The minimum atomic E-state index is -0.471. The van der Waals surface area contributed by atoms with Crippen LogP contribution in [0.5, 0.6) is 5.88 Å². The quantitative estimate of drug-likeness (QED) is 0.0237. The van der Waals surface area contributed by atoms with Gasteiger partial charge in [0.15, 0.2) is 0 Å². The molecule has 3 unspecified atom stereocenters. The van der Waals surface area contributed by atoms with Gasteiger partial charge in [-0.05, 0) is 69.7 Å².